The first-order valence-electron chi connectivity index (χ1n) is 6.74. The van der Waals surface area contributed by atoms with Crippen LogP contribution in [0.5, 0.6) is 5.75 Å². The van der Waals surface area contributed by atoms with Crippen LogP contribution >= 0.6 is 23.2 Å². The third-order valence-electron chi connectivity index (χ3n) is 3.16. The number of halogens is 5. The average Bonchev–Trinajstić information content (AvgIpc) is 2.57. The molecule has 0 atom stereocenters. The average molecular weight is 423 g/mol. The molecule has 0 aromatic heterocycles. The number of phenols is 1. The van der Waals surface area contributed by atoms with Crippen LogP contribution in [0.15, 0.2) is 34.5 Å². The fourth-order valence-electron chi connectivity index (χ4n) is 1.96. The van der Waals surface area contributed by atoms with Crippen molar-refractivity contribution in [2.24, 2.45) is 10.3 Å². The summed E-state index contributed by atoms with van der Waals surface area (Å²) >= 11 is 11.5. The van der Waals surface area contributed by atoms with Crippen LogP contribution in [0, 0.1) is 15.0 Å². The summed E-state index contributed by atoms with van der Waals surface area (Å²) in [6.45, 7) is 0. The molecule has 27 heavy (non-hydrogen) atoms. The van der Waals surface area contributed by atoms with Crippen molar-refractivity contribution >= 4 is 46.5 Å². The van der Waals surface area contributed by atoms with Gasteiger partial charge in [-0.3, -0.25) is 15.5 Å². The van der Waals surface area contributed by atoms with Crippen LogP contribution in [0.1, 0.15) is 11.1 Å². The number of rotatable bonds is 5. The van der Waals surface area contributed by atoms with E-state index in [0.717, 1.165) is 6.21 Å². The lowest BCUT2D eigenvalue weighted by atomic mass is 10.1. The minimum atomic E-state index is -4.92. The predicted molar refractivity (Wildman–Crippen MR) is 92.9 cm³/mol. The molecular formula is C14H7Cl2F3N4O4. The lowest BCUT2D eigenvalue weighted by molar-refractivity contribution is -0.384. The van der Waals surface area contributed by atoms with Gasteiger partial charge in [-0.15, -0.1) is 4.91 Å². The van der Waals surface area contributed by atoms with Gasteiger partial charge in [0.1, 0.15) is 11.4 Å². The molecule has 2 N–H and O–H groups in total. The summed E-state index contributed by atoms with van der Waals surface area (Å²) < 4.78 is 38.4. The summed E-state index contributed by atoms with van der Waals surface area (Å²) in [7, 11) is 0. The summed E-state index contributed by atoms with van der Waals surface area (Å²) in [4.78, 5) is 20.8. The highest BCUT2D eigenvalue weighted by Crippen LogP contribution is 2.41. The third kappa shape index (κ3) is 4.63. The van der Waals surface area contributed by atoms with E-state index in [4.69, 9.17) is 23.2 Å². The first kappa shape index (κ1) is 20.4. The molecular weight excluding hydrogens is 416 g/mol. The zero-order valence-corrected chi connectivity index (χ0v) is 14.3. The Morgan fingerprint density at radius 2 is 1.89 bits per heavy atom. The van der Waals surface area contributed by atoms with E-state index in [9.17, 15) is 33.3 Å². The number of nitroso groups, excluding NO2 is 1. The van der Waals surface area contributed by atoms with Gasteiger partial charge in [-0.05, 0) is 23.4 Å². The van der Waals surface area contributed by atoms with E-state index in [1.165, 1.54) is 12.1 Å². The Morgan fingerprint density at radius 3 is 2.44 bits per heavy atom. The largest absolute Gasteiger partial charge is 0.506 e. The molecule has 0 spiro atoms. The molecule has 0 fully saturated rings. The van der Waals surface area contributed by atoms with Crippen molar-refractivity contribution in [2.45, 2.75) is 6.18 Å². The van der Waals surface area contributed by atoms with Gasteiger partial charge >= 0.3 is 6.18 Å². The second-order valence-electron chi connectivity index (χ2n) is 4.93. The normalized spacial score (nSPS) is 11.6. The summed E-state index contributed by atoms with van der Waals surface area (Å²) in [5, 5.41) is 26.8. The van der Waals surface area contributed by atoms with Crippen molar-refractivity contribution in [1.82, 2.24) is 0 Å². The van der Waals surface area contributed by atoms with Crippen LogP contribution in [0.4, 0.5) is 30.2 Å². The van der Waals surface area contributed by atoms with Crippen LogP contribution in [-0.4, -0.2) is 16.2 Å². The molecule has 2 aromatic carbocycles. The van der Waals surface area contributed by atoms with Gasteiger partial charge in [-0.25, -0.2) is 0 Å². The molecule has 0 aliphatic heterocycles. The number of nitro groups is 1. The minimum absolute atomic E-state index is 0.00942. The van der Waals surface area contributed by atoms with Crippen LogP contribution in [-0.2, 0) is 6.18 Å². The molecule has 2 aromatic rings. The zero-order valence-electron chi connectivity index (χ0n) is 12.8. The molecule has 0 amide bonds. The molecule has 0 saturated heterocycles. The van der Waals surface area contributed by atoms with Crippen LogP contribution in [0.3, 0.4) is 0 Å². The van der Waals surface area contributed by atoms with Gasteiger partial charge in [0.2, 0.25) is 0 Å². The fourth-order valence-corrected chi connectivity index (χ4v) is 2.47. The molecule has 0 aliphatic carbocycles. The van der Waals surface area contributed by atoms with Gasteiger partial charge in [0.05, 0.1) is 21.7 Å². The lowest BCUT2D eigenvalue weighted by Crippen LogP contribution is -2.07. The third-order valence-corrected chi connectivity index (χ3v) is 3.66. The molecule has 0 radical (unpaired) electrons. The number of aromatic hydroxyl groups is 1. The van der Waals surface area contributed by atoms with E-state index in [0.29, 0.717) is 6.07 Å². The van der Waals surface area contributed by atoms with E-state index in [2.05, 4.69) is 15.7 Å². The summed E-state index contributed by atoms with van der Waals surface area (Å²) in [5.74, 6) is -0.401. The topological polar surface area (TPSA) is 117 Å². The SMILES string of the molecule is O=Nc1cc(C(F)(F)F)cc([N+](=O)[O-])c1N/N=C/c1cc(Cl)cc(Cl)c1O. The van der Waals surface area contributed by atoms with Crippen molar-refractivity contribution < 1.29 is 23.2 Å². The molecule has 2 rings (SSSR count). The molecule has 0 unspecified atom stereocenters. The van der Waals surface area contributed by atoms with Crippen LogP contribution < -0.4 is 5.43 Å². The molecule has 0 heterocycles. The van der Waals surface area contributed by atoms with Crippen molar-refractivity contribution in [1.29, 1.82) is 0 Å². The lowest BCUT2D eigenvalue weighted by Gasteiger charge is -2.10. The van der Waals surface area contributed by atoms with Gasteiger partial charge < -0.3 is 5.11 Å². The maximum Gasteiger partial charge on any atom is 0.416 e. The number of alkyl halides is 3. The maximum atomic E-state index is 12.8. The number of hydrazone groups is 1. The molecule has 0 saturated carbocycles. The Labute approximate surface area is 158 Å². The molecule has 13 heteroatoms. The number of hydrogen-bond acceptors (Lipinski definition) is 7. The van der Waals surface area contributed by atoms with Crippen LogP contribution in [0.25, 0.3) is 0 Å². The first-order chi connectivity index (χ1) is 12.5. The molecule has 0 bridgehead atoms. The predicted octanol–water partition coefficient (Wildman–Crippen LogP) is 5.47. The number of phenolic OH excluding ortho intramolecular Hbond substituents is 1. The number of benzene rings is 2. The highest BCUT2D eigenvalue weighted by Gasteiger charge is 2.35. The number of anilines is 1. The minimum Gasteiger partial charge on any atom is -0.506 e. The van der Waals surface area contributed by atoms with E-state index < -0.39 is 39.5 Å². The highest BCUT2D eigenvalue weighted by molar-refractivity contribution is 6.36. The quantitative estimate of drug-likeness (QED) is 0.286. The first-order valence-corrected chi connectivity index (χ1v) is 7.50. The zero-order chi connectivity index (χ0) is 20.4. The fraction of sp³-hybridized carbons (Fsp3) is 0.0714. The Kier molecular flexibility index (Phi) is 5.86. The summed E-state index contributed by atoms with van der Waals surface area (Å²) in [6, 6.07) is 3.08. The molecule has 0 aliphatic rings. The monoisotopic (exact) mass is 422 g/mol. The van der Waals surface area contributed by atoms with Gasteiger partial charge in [-0.1, -0.05) is 23.2 Å². The summed E-state index contributed by atoms with van der Waals surface area (Å²) in [5.41, 5.74) is -1.93. The van der Waals surface area contributed by atoms with Crippen LogP contribution in [0.2, 0.25) is 10.0 Å². The second kappa shape index (κ2) is 7.76. The smallest absolute Gasteiger partial charge is 0.416 e. The van der Waals surface area contributed by atoms with Gasteiger partial charge in [0.25, 0.3) is 5.69 Å². The Morgan fingerprint density at radius 1 is 1.22 bits per heavy atom. The van der Waals surface area contributed by atoms with Gasteiger partial charge in [-0.2, -0.15) is 18.3 Å². The number of nitrogens with zero attached hydrogens (tertiary/aromatic N) is 3. The van der Waals surface area contributed by atoms with E-state index in [1.54, 1.807) is 0 Å². The number of hydrogen-bond donors (Lipinski definition) is 2. The van der Waals surface area contributed by atoms with Crippen molar-refractivity contribution in [3.05, 3.63) is 60.5 Å². The van der Waals surface area contributed by atoms with E-state index in [1.807, 2.05) is 0 Å². The van der Waals surface area contributed by atoms with E-state index in [-0.39, 0.29) is 21.7 Å². The highest BCUT2D eigenvalue weighted by atomic mass is 35.5. The standard InChI is InChI=1S/C14H7Cl2F3N4O4/c15-8-1-6(13(24)9(16)4-8)5-20-21-12-10(22-25)2-7(14(17,18)19)3-11(12)23(26)27/h1-5,21,24H/b20-5+. The van der Waals surface area contributed by atoms with Gasteiger partial charge in [0.15, 0.2) is 5.69 Å². The Hall–Kier alpha value is -2.92. The maximum absolute atomic E-state index is 12.8. The second-order valence-corrected chi connectivity index (χ2v) is 5.77. The van der Waals surface area contributed by atoms with Crippen molar-refractivity contribution in [3.8, 4) is 5.75 Å². The van der Waals surface area contributed by atoms with Gasteiger partial charge in [0, 0.05) is 16.7 Å². The Balaban J connectivity index is 2.47. The number of nitrogens with one attached hydrogen (secondary N) is 1. The van der Waals surface area contributed by atoms with Crippen molar-refractivity contribution in [3.63, 3.8) is 0 Å². The molecule has 8 nitrogen and oxygen atoms in total. The van der Waals surface area contributed by atoms with E-state index >= 15 is 0 Å². The molecule has 142 valence electrons. The Bertz CT molecular complexity index is 951. The number of nitro benzene ring substituents is 1. The summed E-state index contributed by atoms with van der Waals surface area (Å²) in [6.07, 6.45) is -3.97. The van der Waals surface area contributed by atoms with Crippen molar-refractivity contribution in [2.75, 3.05) is 5.43 Å².